The molecule has 2 rings (SSSR count). The molecule has 0 heterocycles. The van der Waals surface area contributed by atoms with Gasteiger partial charge >= 0.3 is 0 Å². The quantitative estimate of drug-likeness (QED) is 0.848. The number of benzene rings is 1. The maximum absolute atomic E-state index is 3.69. The zero-order valence-corrected chi connectivity index (χ0v) is 13.0. The average Bonchev–Trinajstić information content (AvgIpc) is 2.76. The molecule has 2 atom stereocenters. The van der Waals surface area contributed by atoms with Crippen molar-refractivity contribution in [2.75, 3.05) is 6.54 Å². The maximum atomic E-state index is 3.69. The van der Waals surface area contributed by atoms with E-state index in [2.05, 4.69) is 57.3 Å². The highest BCUT2D eigenvalue weighted by molar-refractivity contribution is 5.26. The van der Waals surface area contributed by atoms with Crippen LogP contribution in [0.2, 0.25) is 0 Å². The first-order valence-corrected chi connectivity index (χ1v) is 7.75. The second kappa shape index (κ2) is 6.09. The van der Waals surface area contributed by atoms with Gasteiger partial charge in [-0.15, -0.1) is 0 Å². The van der Waals surface area contributed by atoms with Gasteiger partial charge in [0.05, 0.1) is 0 Å². The molecule has 1 aromatic rings. The molecule has 0 spiro atoms. The van der Waals surface area contributed by atoms with Crippen LogP contribution in [-0.2, 0) is 6.42 Å². The van der Waals surface area contributed by atoms with Gasteiger partial charge in [-0.05, 0) is 76.5 Å². The second-order valence-corrected chi connectivity index (χ2v) is 7.21. The van der Waals surface area contributed by atoms with Crippen LogP contribution in [0.15, 0.2) is 24.3 Å². The van der Waals surface area contributed by atoms with E-state index in [1.165, 1.54) is 37.8 Å². The molecule has 1 aromatic carbocycles. The Bertz CT molecular complexity index is 402. The molecule has 0 amide bonds. The SMILES string of the molecule is Cc1ccccc1CC1CCCC1CNC(C)(C)C. The highest BCUT2D eigenvalue weighted by Gasteiger charge is 2.28. The van der Waals surface area contributed by atoms with Crippen LogP contribution in [0, 0.1) is 18.8 Å². The predicted octanol–water partition coefficient (Wildman–Crippen LogP) is 4.34. The van der Waals surface area contributed by atoms with Crippen molar-refractivity contribution in [3.63, 3.8) is 0 Å². The van der Waals surface area contributed by atoms with Crippen LogP contribution in [0.25, 0.3) is 0 Å². The van der Waals surface area contributed by atoms with Crippen LogP contribution in [0.1, 0.15) is 51.2 Å². The molecule has 1 aliphatic carbocycles. The van der Waals surface area contributed by atoms with Crippen LogP contribution in [0.3, 0.4) is 0 Å². The van der Waals surface area contributed by atoms with Gasteiger partial charge in [0.1, 0.15) is 0 Å². The summed E-state index contributed by atoms with van der Waals surface area (Å²) in [6.07, 6.45) is 5.49. The van der Waals surface area contributed by atoms with Gasteiger partial charge in [-0.2, -0.15) is 0 Å². The van der Waals surface area contributed by atoms with Crippen molar-refractivity contribution < 1.29 is 0 Å². The molecule has 1 N–H and O–H groups in total. The molecule has 0 aliphatic heterocycles. The van der Waals surface area contributed by atoms with E-state index < -0.39 is 0 Å². The van der Waals surface area contributed by atoms with E-state index >= 15 is 0 Å². The Kier molecular flexibility index (Phi) is 4.67. The van der Waals surface area contributed by atoms with E-state index in [4.69, 9.17) is 0 Å². The molecular weight excluding hydrogens is 230 g/mol. The van der Waals surface area contributed by atoms with Gasteiger partial charge in [-0.25, -0.2) is 0 Å². The Labute approximate surface area is 118 Å². The third kappa shape index (κ3) is 4.35. The molecule has 0 aromatic heterocycles. The number of hydrogen-bond donors (Lipinski definition) is 1. The zero-order valence-electron chi connectivity index (χ0n) is 13.0. The lowest BCUT2D eigenvalue weighted by atomic mass is 9.87. The molecular formula is C18H29N. The van der Waals surface area contributed by atoms with Crippen molar-refractivity contribution in [1.82, 2.24) is 5.32 Å². The average molecular weight is 259 g/mol. The van der Waals surface area contributed by atoms with Crippen molar-refractivity contribution >= 4 is 0 Å². The molecule has 1 nitrogen and oxygen atoms in total. The minimum atomic E-state index is 0.246. The Morgan fingerprint density at radius 2 is 1.79 bits per heavy atom. The van der Waals surface area contributed by atoms with E-state index in [9.17, 15) is 0 Å². The summed E-state index contributed by atoms with van der Waals surface area (Å²) in [5, 5.41) is 3.69. The smallest absolute Gasteiger partial charge is 0.00966 e. The first kappa shape index (κ1) is 14.6. The van der Waals surface area contributed by atoms with Crippen LogP contribution in [0.4, 0.5) is 0 Å². The van der Waals surface area contributed by atoms with E-state index in [0.717, 1.165) is 11.8 Å². The molecule has 19 heavy (non-hydrogen) atoms. The van der Waals surface area contributed by atoms with E-state index in [1.807, 2.05) is 0 Å². The fraction of sp³-hybridized carbons (Fsp3) is 0.667. The van der Waals surface area contributed by atoms with Crippen molar-refractivity contribution in [1.29, 1.82) is 0 Å². The number of nitrogens with one attached hydrogen (secondary N) is 1. The van der Waals surface area contributed by atoms with Crippen LogP contribution in [-0.4, -0.2) is 12.1 Å². The van der Waals surface area contributed by atoms with Gasteiger partial charge < -0.3 is 5.32 Å². The lowest BCUT2D eigenvalue weighted by Crippen LogP contribution is -2.40. The van der Waals surface area contributed by atoms with Crippen molar-refractivity contribution in [2.45, 2.75) is 58.9 Å². The molecule has 0 radical (unpaired) electrons. The lowest BCUT2D eigenvalue weighted by molar-refractivity contribution is 0.317. The van der Waals surface area contributed by atoms with E-state index in [1.54, 1.807) is 5.56 Å². The largest absolute Gasteiger partial charge is 0.312 e. The Morgan fingerprint density at radius 3 is 2.47 bits per heavy atom. The highest BCUT2D eigenvalue weighted by atomic mass is 14.9. The highest BCUT2D eigenvalue weighted by Crippen LogP contribution is 2.34. The molecule has 2 unspecified atom stereocenters. The van der Waals surface area contributed by atoms with Gasteiger partial charge in [-0.1, -0.05) is 30.7 Å². The van der Waals surface area contributed by atoms with Gasteiger partial charge in [0.15, 0.2) is 0 Å². The van der Waals surface area contributed by atoms with E-state index in [0.29, 0.717) is 0 Å². The molecule has 1 fully saturated rings. The number of aryl methyl sites for hydroxylation is 1. The van der Waals surface area contributed by atoms with Crippen molar-refractivity contribution in [2.24, 2.45) is 11.8 Å². The summed E-state index contributed by atoms with van der Waals surface area (Å²) < 4.78 is 0. The van der Waals surface area contributed by atoms with Gasteiger partial charge in [0.25, 0.3) is 0 Å². The van der Waals surface area contributed by atoms with Gasteiger partial charge in [-0.3, -0.25) is 0 Å². The van der Waals surface area contributed by atoms with Crippen molar-refractivity contribution in [3.8, 4) is 0 Å². The van der Waals surface area contributed by atoms with Crippen molar-refractivity contribution in [3.05, 3.63) is 35.4 Å². The fourth-order valence-corrected chi connectivity index (χ4v) is 3.21. The van der Waals surface area contributed by atoms with E-state index in [-0.39, 0.29) is 5.54 Å². The summed E-state index contributed by atoms with van der Waals surface area (Å²) in [7, 11) is 0. The second-order valence-electron chi connectivity index (χ2n) is 7.21. The Hall–Kier alpha value is -0.820. The third-order valence-electron chi connectivity index (χ3n) is 4.45. The first-order chi connectivity index (χ1) is 8.96. The summed E-state index contributed by atoms with van der Waals surface area (Å²) in [5.74, 6) is 1.73. The minimum Gasteiger partial charge on any atom is -0.312 e. The molecule has 1 heteroatoms. The van der Waals surface area contributed by atoms with Gasteiger partial charge in [0.2, 0.25) is 0 Å². The standard InChI is InChI=1S/C18H29N/c1-14-8-5-6-9-15(14)12-16-10-7-11-17(16)13-19-18(2,3)4/h5-6,8-9,16-17,19H,7,10-13H2,1-4H3. The lowest BCUT2D eigenvalue weighted by Gasteiger charge is -2.27. The zero-order chi connectivity index (χ0) is 13.9. The summed E-state index contributed by atoms with van der Waals surface area (Å²) in [5.41, 5.74) is 3.25. The van der Waals surface area contributed by atoms with Crippen LogP contribution < -0.4 is 5.32 Å². The normalized spacial score (nSPS) is 23.8. The minimum absolute atomic E-state index is 0.246. The molecule has 0 saturated heterocycles. The molecule has 106 valence electrons. The van der Waals surface area contributed by atoms with Crippen LogP contribution in [0.5, 0.6) is 0 Å². The molecule has 1 aliphatic rings. The number of rotatable bonds is 4. The molecule has 0 bridgehead atoms. The predicted molar refractivity (Wildman–Crippen MR) is 83.5 cm³/mol. The maximum Gasteiger partial charge on any atom is 0.00966 e. The van der Waals surface area contributed by atoms with Gasteiger partial charge in [0, 0.05) is 5.54 Å². The third-order valence-corrected chi connectivity index (χ3v) is 4.45. The van der Waals surface area contributed by atoms with Crippen LogP contribution >= 0.6 is 0 Å². The topological polar surface area (TPSA) is 12.0 Å². The summed E-state index contributed by atoms with van der Waals surface area (Å²) >= 11 is 0. The fourth-order valence-electron chi connectivity index (χ4n) is 3.21. The summed E-state index contributed by atoms with van der Waals surface area (Å²) in [6, 6.07) is 8.88. The first-order valence-electron chi connectivity index (χ1n) is 7.75. The Morgan fingerprint density at radius 1 is 1.11 bits per heavy atom. The number of hydrogen-bond acceptors (Lipinski definition) is 1. The summed E-state index contributed by atoms with van der Waals surface area (Å²) in [4.78, 5) is 0. The summed E-state index contributed by atoms with van der Waals surface area (Å²) in [6.45, 7) is 10.2. The monoisotopic (exact) mass is 259 g/mol. The molecule has 1 saturated carbocycles. The Balaban J connectivity index is 1.94.